The van der Waals surface area contributed by atoms with Crippen LogP contribution in [0.25, 0.3) is 22.3 Å². The lowest BCUT2D eigenvalue weighted by Crippen LogP contribution is -2.52. The van der Waals surface area contributed by atoms with Gasteiger partial charge in [-0.3, -0.25) is 33.9 Å². The molecule has 2 aromatic heterocycles. The lowest BCUT2D eigenvalue weighted by atomic mass is 9.90. The monoisotopic (exact) mass is 899 g/mol. The number of carbonyl (C=O) groups excluding carboxylic acids is 4. The third kappa shape index (κ3) is 10.0. The van der Waals surface area contributed by atoms with Crippen molar-refractivity contribution in [2.24, 2.45) is 0 Å². The fraction of sp³-hybridized carbons (Fsp3) is 0.438. The van der Waals surface area contributed by atoms with Gasteiger partial charge in [0.1, 0.15) is 35.4 Å². The quantitative estimate of drug-likeness (QED) is 0.0721. The molecule has 5 heterocycles. The van der Waals surface area contributed by atoms with Gasteiger partial charge in [0, 0.05) is 63.1 Å². The molecule has 1 saturated carbocycles. The number of fused-ring (bicyclic) bond motifs is 2. The Morgan fingerprint density at radius 2 is 1.53 bits per heavy atom. The predicted octanol–water partition coefficient (Wildman–Crippen LogP) is 4.11. The Bertz CT molecular complexity index is 2500. The average molecular weight is 900 g/mol. The highest BCUT2D eigenvalue weighted by molar-refractivity contribution is 6.25. The van der Waals surface area contributed by atoms with Crippen LogP contribution in [0.5, 0.6) is 11.5 Å². The summed E-state index contributed by atoms with van der Waals surface area (Å²) in [4.78, 5) is 66.4. The molecule has 2 saturated heterocycles. The van der Waals surface area contributed by atoms with E-state index in [2.05, 4.69) is 40.4 Å². The molecule has 4 aliphatic rings. The smallest absolute Gasteiger partial charge is 0.264 e. The van der Waals surface area contributed by atoms with E-state index in [4.69, 9.17) is 25.0 Å². The van der Waals surface area contributed by atoms with Crippen molar-refractivity contribution < 1.29 is 33.4 Å². The molecule has 346 valence electrons. The first kappa shape index (κ1) is 44.7. The Labute approximate surface area is 383 Å². The summed E-state index contributed by atoms with van der Waals surface area (Å²) in [6.45, 7) is 7.52. The minimum Gasteiger partial charge on any atom is -0.457 e. The number of benzene rings is 3. The third-order valence-corrected chi connectivity index (χ3v) is 13.0. The number of nitrogens with zero attached hydrogens (tertiary/aromatic N) is 7. The summed E-state index contributed by atoms with van der Waals surface area (Å²) >= 11 is 0. The molecule has 0 radical (unpaired) electrons. The van der Waals surface area contributed by atoms with Gasteiger partial charge in [-0.25, -0.2) is 14.6 Å². The molecule has 1 unspecified atom stereocenters. The second-order valence-corrected chi connectivity index (χ2v) is 17.1. The maximum Gasteiger partial charge on any atom is 0.264 e. The lowest BCUT2D eigenvalue weighted by molar-refractivity contribution is -0.126. The van der Waals surface area contributed by atoms with Crippen LogP contribution in [0.4, 0.5) is 11.5 Å². The number of nitrogen functional groups attached to an aromatic ring is 1. The molecule has 5 N–H and O–H groups in total. The number of ether oxygens (including phenoxy) is 3. The van der Waals surface area contributed by atoms with Crippen LogP contribution in [0.3, 0.4) is 0 Å². The van der Waals surface area contributed by atoms with Gasteiger partial charge in [0.05, 0.1) is 55.5 Å². The lowest BCUT2D eigenvalue weighted by Gasteiger charge is -2.42. The van der Waals surface area contributed by atoms with Crippen molar-refractivity contribution in [3.8, 4) is 22.8 Å². The van der Waals surface area contributed by atoms with E-state index in [9.17, 15) is 19.2 Å². The molecule has 9 rings (SSSR count). The van der Waals surface area contributed by atoms with Crippen LogP contribution in [-0.4, -0.2) is 149 Å². The molecule has 18 heteroatoms. The normalized spacial score (nSPS) is 20.3. The Kier molecular flexibility index (Phi) is 14.1. The number of anilines is 2. The van der Waals surface area contributed by atoms with Crippen LogP contribution < -0.4 is 26.4 Å². The summed E-state index contributed by atoms with van der Waals surface area (Å²) in [7, 11) is 0. The molecule has 0 spiro atoms. The molecule has 66 heavy (non-hydrogen) atoms. The fourth-order valence-corrected chi connectivity index (χ4v) is 9.53. The Morgan fingerprint density at radius 1 is 0.788 bits per heavy atom. The molecule has 3 aromatic carbocycles. The minimum absolute atomic E-state index is 0.0958. The van der Waals surface area contributed by atoms with Crippen molar-refractivity contribution in [3.63, 3.8) is 0 Å². The van der Waals surface area contributed by atoms with Crippen molar-refractivity contribution in [3.05, 3.63) is 90.3 Å². The maximum absolute atomic E-state index is 13.3. The zero-order valence-corrected chi connectivity index (χ0v) is 37.0. The molecular weight excluding hydrogens is 843 g/mol. The number of nitrogens with two attached hydrogens (primary N) is 1. The third-order valence-electron chi connectivity index (χ3n) is 13.0. The average Bonchev–Trinajstić information content (AvgIpc) is 3.86. The van der Waals surface area contributed by atoms with Crippen LogP contribution in [0.15, 0.2) is 79.1 Å². The number of piperidine rings is 1. The molecule has 5 aromatic rings. The molecule has 18 nitrogen and oxygen atoms in total. The standard InChI is InChI=1S/C48H57N11O7/c49-44-42-43(32-11-17-36(18-12-32)66-35-6-2-1-3-7-35)55-59(45(42)54-31-53-44)34-15-13-33(14-16-34)57-23-21-56(22-24-57)25-27-65-29-28-64-26-20-50-40(60)30-52-38-9-4-8-37-41(38)48(63)58(47(37)62)39-10-5-19-51-46(39)61/h1-4,6-9,11-12,17-18,31,33-34,39,52H,5,10,13-16,19-30H2,(H,50,60)(H,51,61)(H2,49,53,54)/t33-,34-,39?. The fourth-order valence-electron chi connectivity index (χ4n) is 9.53. The number of para-hydroxylation sites is 1. The Balaban J connectivity index is 0.640. The van der Waals surface area contributed by atoms with Gasteiger partial charge in [-0.15, -0.1) is 0 Å². The first-order valence-electron chi connectivity index (χ1n) is 23.1. The summed E-state index contributed by atoms with van der Waals surface area (Å²) in [6.07, 6.45) is 6.86. The summed E-state index contributed by atoms with van der Waals surface area (Å²) in [6, 6.07) is 22.4. The molecular formula is C48H57N11O7. The van der Waals surface area contributed by atoms with Crippen molar-refractivity contribution in [2.45, 2.75) is 56.7 Å². The van der Waals surface area contributed by atoms with Gasteiger partial charge in [0.2, 0.25) is 11.8 Å². The van der Waals surface area contributed by atoms with E-state index >= 15 is 0 Å². The molecule has 3 fully saturated rings. The number of rotatable bonds is 18. The van der Waals surface area contributed by atoms with Gasteiger partial charge >= 0.3 is 0 Å². The molecule has 1 aliphatic carbocycles. The first-order chi connectivity index (χ1) is 32.3. The summed E-state index contributed by atoms with van der Waals surface area (Å²) in [5.41, 5.74) is 9.72. The van der Waals surface area contributed by atoms with E-state index in [-0.39, 0.29) is 35.5 Å². The van der Waals surface area contributed by atoms with Gasteiger partial charge < -0.3 is 35.9 Å². The molecule has 3 aliphatic heterocycles. The molecule has 0 bridgehead atoms. The number of imide groups is 1. The number of hydrogen-bond donors (Lipinski definition) is 4. The Hall–Kier alpha value is -6.47. The van der Waals surface area contributed by atoms with Gasteiger partial charge in [0.25, 0.3) is 11.8 Å². The number of amides is 4. The van der Waals surface area contributed by atoms with E-state index in [1.165, 1.54) is 6.33 Å². The minimum atomic E-state index is -0.832. The highest BCUT2D eigenvalue weighted by Gasteiger charge is 2.44. The summed E-state index contributed by atoms with van der Waals surface area (Å²) < 4.78 is 19.6. The van der Waals surface area contributed by atoms with E-state index in [1.54, 1.807) is 18.2 Å². The zero-order valence-electron chi connectivity index (χ0n) is 37.0. The summed E-state index contributed by atoms with van der Waals surface area (Å²) in [5, 5.41) is 14.4. The van der Waals surface area contributed by atoms with Crippen LogP contribution >= 0.6 is 0 Å². The second kappa shape index (κ2) is 20.8. The predicted molar refractivity (Wildman–Crippen MR) is 247 cm³/mol. The number of nitrogens with one attached hydrogen (secondary N) is 3. The number of piperazine rings is 1. The van der Waals surface area contributed by atoms with Crippen molar-refractivity contribution in [1.82, 2.24) is 45.1 Å². The highest BCUT2D eigenvalue weighted by atomic mass is 16.5. The van der Waals surface area contributed by atoms with Crippen LogP contribution in [0.2, 0.25) is 0 Å². The summed E-state index contributed by atoms with van der Waals surface area (Å²) in [5.74, 6) is 0.315. The van der Waals surface area contributed by atoms with E-state index in [0.717, 1.165) is 97.1 Å². The number of carbonyl (C=O) groups is 4. The first-order valence-corrected chi connectivity index (χ1v) is 23.1. The van der Waals surface area contributed by atoms with Crippen LogP contribution in [-0.2, 0) is 19.1 Å². The van der Waals surface area contributed by atoms with Gasteiger partial charge in [-0.2, -0.15) is 5.10 Å². The van der Waals surface area contributed by atoms with Crippen LogP contribution in [0, 0.1) is 0 Å². The molecule has 4 amide bonds. The van der Waals surface area contributed by atoms with E-state index in [1.807, 2.05) is 54.6 Å². The van der Waals surface area contributed by atoms with E-state index < -0.39 is 17.9 Å². The Morgan fingerprint density at radius 3 is 2.30 bits per heavy atom. The van der Waals surface area contributed by atoms with Crippen molar-refractivity contribution in [1.29, 1.82) is 0 Å². The maximum atomic E-state index is 13.3. The van der Waals surface area contributed by atoms with Gasteiger partial charge in [-0.05, 0) is 87.1 Å². The van der Waals surface area contributed by atoms with Crippen molar-refractivity contribution >= 4 is 46.2 Å². The number of hydrogen-bond acceptors (Lipinski definition) is 14. The largest absolute Gasteiger partial charge is 0.457 e. The van der Waals surface area contributed by atoms with Gasteiger partial charge in [0.15, 0.2) is 5.65 Å². The van der Waals surface area contributed by atoms with Crippen LogP contribution in [0.1, 0.15) is 65.3 Å². The van der Waals surface area contributed by atoms with E-state index in [0.29, 0.717) is 69.9 Å². The second-order valence-electron chi connectivity index (χ2n) is 17.1. The highest BCUT2D eigenvalue weighted by Crippen LogP contribution is 2.38. The zero-order chi connectivity index (χ0) is 45.4. The van der Waals surface area contributed by atoms with Gasteiger partial charge in [-0.1, -0.05) is 24.3 Å². The topological polar surface area (TPSA) is 211 Å². The van der Waals surface area contributed by atoms with Crippen molar-refractivity contribution in [2.75, 3.05) is 89.8 Å². The number of aromatic nitrogens is 4. The SMILES string of the molecule is Nc1ncnc2c1c(-c1ccc(Oc3ccccc3)cc1)nn2[C@H]1CC[C@H](N2CCN(CCOCCOCCNC(=O)CNc3cccc4c3C(=O)N(C3CCCNC3=O)C4=O)CC2)CC1. The molecule has 1 atom stereocenters.